The van der Waals surface area contributed by atoms with Gasteiger partial charge in [0, 0.05) is 35.9 Å². The lowest BCUT2D eigenvalue weighted by atomic mass is 9.73. The number of aliphatic hydroxyl groups is 1. The molecule has 1 amide bonds. The Balaban J connectivity index is 1.46. The van der Waals surface area contributed by atoms with Crippen LogP contribution in [0.1, 0.15) is 37.0 Å². The van der Waals surface area contributed by atoms with E-state index in [1.165, 1.54) is 6.07 Å². The van der Waals surface area contributed by atoms with E-state index >= 15 is 0 Å². The van der Waals surface area contributed by atoms with Crippen LogP contribution < -0.4 is 4.72 Å². The number of piperidine rings is 1. The van der Waals surface area contributed by atoms with E-state index in [1.807, 2.05) is 0 Å². The second-order valence-electron chi connectivity index (χ2n) is 9.09. The van der Waals surface area contributed by atoms with E-state index in [9.17, 15) is 23.1 Å². The Morgan fingerprint density at radius 2 is 1.76 bits per heavy atom. The number of carbonyl (C=O) groups is 2. The summed E-state index contributed by atoms with van der Waals surface area (Å²) in [5.41, 5.74) is 0.912. The number of rotatable bonds is 7. The highest BCUT2D eigenvalue weighted by atomic mass is 32.2. The van der Waals surface area contributed by atoms with Crippen LogP contribution in [0.3, 0.4) is 0 Å². The van der Waals surface area contributed by atoms with Gasteiger partial charge in [-0.25, -0.2) is 8.42 Å². The third-order valence-corrected chi connectivity index (χ3v) is 8.31. The molecule has 0 spiro atoms. The molecule has 37 heavy (non-hydrogen) atoms. The molecule has 3 aromatic rings. The molecule has 1 aliphatic rings. The van der Waals surface area contributed by atoms with Gasteiger partial charge in [-0.05, 0) is 74.7 Å². The fourth-order valence-corrected chi connectivity index (χ4v) is 5.83. The maximum absolute atomic E-state index is 13.1. The normalized spacial score (nSPS) is 16.4. The number of carbonyl (C=O) groups excluding carboxylic acids is 2. The number of pyridine rings is 1. The molecule has 1 aliphatic heterocycles. The number of benzene rings is 2. The van der Waals surface area contributed by atoms with Crippen molar-refractivity contribution < 1.29 is 23.1 Å². The highest BCUT2D eigenvalue weighted by Crippen LogP contribution is 2.38. The molecule has 1 saturated heterocycles. The molecule has 2 aromatic carbocycles. The number of anilines is 1. The van der Waals surface area contributed by atoms with Gasteiger partial charge in [0.1, 0.15) is 16.9 Å². The zero-order chi connectivity index (χ0) is 26.6. The van der Waals surface area contributed by atoms with Crippen molar-refractivity contribution in [1.29, 1.82) is 0 Å². The topological polar surface area (TPSA) is 117 Å². The number of hydrogen-bond donors (Lipinski definition) is 2. The van der Waals surface area contributed by atoms with Crippen molar-refractivity contribution in [3.05, 3.63) is 89.8 Å². The fraction of sp³-hybridized carbons (Fsp3) is 0.250. The summed E-state index contributed by atoms with van der Waals surface area (Å²) >= 11 is 0. The molecular weight excluding hydrogens is 490 g/mol. The highest BCUT2D eigenvalue weighted by molar-refractivity contribution is 7.93. The van der Waals surface area contributed by atoms with Gasteiger partial charge < -0.3 is 14.8 Å². The lowest BCUT2D eigenvalue weighted by molar-refractivity contribution is -0.116. The second-order valence-corrected chi connectivity index (χ2v) is 10.7. The first-order valence-corrected chi connectivity index (χ1v) is 13.4. The first-order chi connectivity index (χ1) is 17.7. The van der Waals surface area contributed by atoms with Crippen LogP contribution in [0.5, 0.6) is 0 Å². The molecule has 4 rings (SSSR count). The lowest BCUT2D eigenvalue weighted by Crippen LogP contribution is -2.44. The number of aldehydes is 1. The van der Waals surface area contributed by atoms with E-state index < -0.39 is 15.4 Å². The summed E-state index contributed by atoms with van der Waals surface area (Å²) in [4.78, 5) is 31.0. The average Bonchev–Trinajstić information content (AvgIpc) is 2.92. The zero-order valence-corrected chi connectivity index (χ0v) is 21.5. The van der Waals surface area contributed by atoms with Crippen molar-refractivity contribution in [3.8, 4) is 0 Å². The Labute approximate surface area is 216 Å². The molecule has 0 saturated carbocycles. The number of sulfonamides is 1. The molecule has 2 N–H and O–H groups in total. The molecule has 0 radical (unpaired) electrons. The molecule has 0 aliphatic carbocycles. The molecule has 192 valence electrons. The van der Waals surface area contributed by atoms with Crippen LogP contribution in [0.15, 0.2) is 89.2 Å². The number of aliphatic hydroxyl groups excluding tert-OH is 1. The van der Waals surface area contributed by atoms with Crippen LogP contribution in [0, 0.1) is 5.41 Å². The minimum Gasteiger partial charge on any atom is -0.508 e. The van der Waals surface area contributed by atoms with E-state index in [1.54, 1.807) is 85.6 Å². The molecule has 0 bridgehead atoms. The number of allylic oxidation sites excluding steroid dienone is 3. The summed E-state index contributed by atoms with van der Waals surface area (Å²) in [6.45, 7) is 4.26. The zero-order valence-electron chi connectivity index (χ0n) is 20.7. The smallest absolute Gasteiger partial charge is 0.264 e. The van der Waals surface area contributed by atoms with Crippen LogP contribution in [0.25, 0.3) is 10.9 Å². The Morgan fingerprint density at radius 1 is 1.08 bits per heavy atom. The Kier molecular flexibility index (Phi) is 7.45. The van der Waals surface area contributed by atoms with Crippen molar-refractivity contribution in [2.24, 2.45) is 5.41 Å². The Bertz CT molecular complexity index is 1480. The van der Waals surface area contributed by atoms with Gasteiger partial charge in [0.25, 0.3) is 15.9 Å². The number of aromatic nitrogens is 1. The second kappa shape index (κ2) is 10.6. The summed E-state index contributed by atoms with van der Waals surface area (Å²) in [5, 5.41) is 11.0. The van der Waals surface area contributed by atoms with Crippen LogP contribution >= 0.6 is 0 Å². The van der Waals surface area contributed by atoms with Gasteiger partial charge in [-0.3, -0.25) is 14.5 Å². The maximum Gasteiger partial charge on any atom is 0.264 e. The highest BCUT2D eigenvalue weighted by Gasteiger charge is 2.38. The lowest BCUT2D eigenvalue weighted by Gasteiger charge is -2.39. The standard InChI is InChI=1S/C28H29N3O5S/c1-3-6-24(33)20(2)28(19-32)14-17-31(18-15-28)27(34)22-10-12-23(13-11-22)30-37(35,36)25-9-4-7-21-8-5-16-29-26(21)25/h3-13,16,19,30,33H,14-15,17-18H2,1-2H3/b6-3-,24-20-. The first-order valence-electron chi connectivity index (χ1n) is 12.0. The van der Waals surface area contributed by atoms with Gasteiger partial charge in [-0.1, -0.05) is 24.3 Å². The molecule has 0 atom stereocenters. The van der Waals surface area contributed by atoms with E-state index in [4.69, 9.17) is 0 Å². The van der Waals surface area contributed by atoms with Crippen molar-refractivity contribution >= 4 is 38.8 Å². The number of fused-ring (bicyclic) bond motifs is 1. The maximum atomic E-state index is 13.1. The molecular formula is C28H29N3O5S. The van der Waals surface area contributed by atoms with E-state index in [0.29, 0.717) is 53.7 Å². The van der Waals surface area contributed by atoms with Gasteiger partial charge in [0.05, 0.1) is 10.9 Å². The van der Waals surface area contributed by atoms with Gasteiger partial charge in [-0.2, -0.15) is 0 Å². The number of likely N-dealkylation sites (tertiary alicyclic amines) is 1. The summed E-state index contributed by atoms with van der Waals surface area (Å²) in [6.07, 6.45) is 6.50. The van der Waals surface area contributed by atoms with E-state index in [-0.39, 0.29) is 16.6 Å². The Hall–Kier alpha value is -3.98. The molecule has 1 fully saturated rings. The quantitative estimate of drug-likeness (QED) is 0.261. The van der Waals surface area contributed by atoms with Crippen molar-refractivity contribution in [2.45, 2.75) is 31.6 Å². The predicted octanol–water partition coefficient (Wildman–Crippen LogP) is 4.87. The van der Waals surface area contributed by atoms with Crippen LogP contribution in [0.4, 0.5) is 5.69 Å². The van der Waals surface area contributed by atoms with Gasteiger partial charge in [0.15, 0.2) is 0 Å². The third kappa shape index (κ3) is 5.27. The summed E-state index contributed by atoms with van der Waals surface area (Å²) in [6, 6.07) is 14.7. The predicted molar refractivity (Wildman–Crippen MR) is 143 cm³/mol. The fourth-order valence-electron chi connectivity index (χ4n) is 4.59. The minimum atomic E-state index is -3.90. The average molecular weight is 520 g/mol. The molecule has 2 heterocycles. The van der Waals surface area contributed by atoms with E-state index in [2.05, 4.69) is 9.71 Å². The number of nitrogens with zero attached hydrogens (tertiary/aromatic N) is 2. The molecule has 8 nitrogen and oxygen atoms in total. The first kappa shape index (κ1) is 26.1. The summed E-state index contributed by atoms with van der Waals surface area (Å²) in [5.74, 6) is -0.127. The summed E-state index contributed by atoms with van der Waals surface area (Å²) < 4.78 is 28.6. The van der Waals surface area contributed by atoms with Crippen LogP contribution in [-0.4, -0.2) is 48.7 Å². The van der Waals surface area contributed by atoms with Crippen molar-refractivity contribution in [2.75, 3.05) is 17.8 Å². The van der Waals surface area contributed by atoms with Gasteiger partial charge in [-0.15, -0.1) is 0 Å². The molecule has 1 aromatic heterocycles. The SMILES string of the molecule is C/C=C\C(O)=C(/C)C1(C=O)CCN(C(=O)c2ccc(NS(=O)(=O)c3cccc4cccnc34)cc2)CC1. The monoisotopic (exact) mass is 519 g/mol. The number of nitrogens with one attached hydrogen (secondary N) is 1. The van der Waals surface area contributed by atoms with Crippen molar-refractivity contribution in [3.63, 3.8) is 0 Å². The third-order valence-electron chi connectivity index (χ3n) is 6.89. The number of hydrogen-bond acceptors (Lipinski definition) is 6. The minimum absolute atomic E-state index is 0.0718. The number of amides is 1. The summed E-state index contributed by atoms with van der Waals surface area (Å²) in [7, 11) is -3.90. The van der Waals surface area contributed by atoms with Crippen molar-refractivity contribution in [1.82, 2.24) is 9.88 Å². The van der Waals surface area contributed by atoms with Gasteiger partial charge >= 0.3 is 0 Å². The Morgan fingerprint density at radius 3 is 2.41 bits per heavy atom. The van der Waals surface area contributed by atoms with Gasteiger partial charge in [0.2, 0.25) is 0 Å². The number of para-hydroxylation sites is 1. The molecule has 0 unspecified atom stereocenters. The van der Waals surface area contributed by atoms with Crippen LogP contribution in [0.2, 0.25) is 0 Å². The van der Waals surface area contributed by atoms with E-state index in [0.717, 1.165) is 6.29 Å². The van der Waals surface area contributed by atoms with Crippen LogP contribution in [-0.2, 0) is 14.8 Å². The molecule has 9 heteroatoms. The largest absolute Gasteiger partial charge is 0.508 e.